The monoisotopic (exact) mass is 287 g/mol. The minimum absolute atomic E-state index is 0.0869. The van der Waals surface area contributed by atoms with Crippen LogP contribution in [-0.4, -0.2) is 34.5 Å². The molecule has 1 amide bonds. The van der Waals surface area contributed by atoms with Crippen molar-refractivity contribution in [3.63, 3.8) is 0 Å². The van der Waals surface area contributed by atoms with Crippen molar-refractivity contribution >= 4 is 11.9 Å². The first-order valence-corrected chi connectivity index (χ1v) is 7.70. The van der Waals surface area contributed by atoms with Crippen molar-refractivity contribution in [1.82, 2.24) is 4.90 Å². The van der Waals surface area contributed by atoms with Gasteiger partial charge in [0, 0.05) is 12.6 Å². The molecule has 0 aromatic heterocycles. The van der Waals surface area contributed by atoms with Crippen LogP contribution in [0.15, 0.2) is 24.3 Å². The van der Waals surface area contributed by atoms with Gasteiger partial charge in [-0.25, -0.2) is 0 Å². The molecule has 1 N–H and O–H groups in total. The Bertz CT molecular complexity index is 569. The Morgan fingerprint density at radius 1 is 1.24 bits per heavy atom. The summed E-state index contributed by atoms with van der Waals surface area (Å²) in [6.45, 7) is 2.55. The summed E-state index contributed by atoms with van der Waals surface area (Å²) in [5.74, 6) is -1.19. The van der Waals surface area contributed by atoms with Gasteiger partial charge >= 0.3 is 5.97 Å². The molecule has 3 atom stereocenters. The van der Waals surface area contributed by atoms with E-state index in [1.807, 2.05) is 25.1 Å². The number of rotatable bonds is 2. The molecule has 1 fully saturated rings. The van der Waals surface area contributed by atoms with Gasteiger partial charge in [-0.05, 0) is 43.7 Å². The van der Waals surface area contributed by atoms with Crippen LogP contribution >= 0.6 is 0 Å². The number of carboxylic acids is 1. The van der Waals surface area contributed by atoms with Crippen LogP contribution < -0.4 is 0 Å². The highest BCUT2D eigenvalue weighted by molar-refractivity contribution is 5.86. The molecule has 1 heterocycles. The van der Waals surface area contributed by atoms with Crippen LogP contribution in [0.1, 0.15) is 43.2 Å². The Balaban J connectivity index is 1.81. The number of piperidine rings is 1. The zero-order valence-electron chi connectivity index (χ0n) is 12.3. The van der Waals surface area contributed by atoms with E-state index in [1.54, 1.807) is 4.90 Å². The number of hydrogen-bond donors (Lipinski definition) is 1. The van der Waals surface area contributed by atoms with Gasteiger partial charge in [0.15, 0.2) is 0 Å². The van der Waals surface area contributed by atoms with Crippen molar-refractivity contribution in [1.29, 1.82) is 0 Å². The molecule has 0 bridgehead atoms. The first-order valence-electron chi connectivity index (χ1n) is 7.70. The summed E-state index contributed by atoms with van der Waals surface area (Å²) in [7, 11) is 0. The molecule has 2 aliphatic rings. The second kappa shape index (κ2) is 5.51. The van der Waals surface area contributed by atoms with Gasteiger partial charge in [0.2, 0.25) is 5.91 Å². The number of aryl methyl sites for hydroxylation is 1. The van der Waals surface area contributed by atoms with Gasteiger partial charge in [-0.2, -0.15) is 0 Å². The van der Waals surface area contributed by atoms with E-state index in [0.29, 0.717) is 13.0 Å². The molecule has 4 heteroatoms. The standard InChI is InChI=1S/C17H21NO3/c1-11-13(17(20)21)7-4-10-18(11)16(19)15-9-8-12-5-2-3-6-14(12)15/h2-3,5-6,11,13,15H,4,7-10H2,1H3,(H,20,21)/t11-,13-,15?/m1/s1. The summed E-state index contributed by atoms with van der Waals surface area (Å²) >= 11 is 0. The largest absolute Gasteiger partial charge is 0.481 e. The van der Waals surface area contributed by atoms with Gasteiger partial charge in [0.25, 0.3) is 0 Å². The highest BCUT2D eigenvalue weighted by Crippen LogP contribution is 2.36. The lowest BCUT2D eigenvalue weighted by Crippen LogP contribution is -2.50. The molecule has 1 aliphatic carbocycles. The molecule has 0 radical (unpaired) electrons. The molecule has 1 saturated heterocycles. The third-order valence-electron chi connectivity index (χ3n) is 5.02. The number of carboxylic acid groups (broad SMARTS) is 1. The van der Waals surface area contributed by atoms with Gasteiger partial charge < -0.3 is 10.0 Å². The highest BCUT2D eigenvalue weighted by Gasteiger charge is 2.39. The van der Waals surface area contributed by atoms with E-state index < -0.39 is 11.9 Å². The molecule has 112 valence electrons. The summed E-state index contributed by atoms with van der Waals surface area (Å²) in [5.41, 5.74) is 2.39. The van der Waals surface area contributed by atoms with Crippen molar-refractivity contribution < 1.29 is 14.7 Å². The first kappa shape index (κ1) is 14.1. The number of likely N-dealkylation sites (tertiary alicyclic amines) is 1. The normalized spacial score (nSPS) is 28.2. The quantitative estimate of drug-likeness (QED) is 0.909. The number of benzene rings is 1. The number of hydrogen-bond acceptors (Lipinski definition) is 2. The Morgan fingerprint density at radius 3 is 2.76 bits per heavy atom. The minimum Gasteiger partial charge on any atom is -0.481 e. The van der Waals surface area contributed by atoms with E-state index in [2.05, 4.69) is 6.07 Å². The SMILES string of the molecule is C[C@@H]1[C@H](C(=O)O)CCCN1C(=O)C1CCc2ccccc21. The zero-order valence-corrected chi connectivity index (χ0v) is 12.3. The molecule has 4 nitrogen and oxygen atoms in total. The van der Waals surface area contributed by atoms with Crippen LogP contribution in [0.25, 0.3) is 0 Å². The van der Waals surface area contributed by atoms with Crippen LogP contribution in [0.5, 0.6) is 0 Å². The van der Waals surface area contributed by atoms with Gasteiger partial charge in [-0.15, -0.1) is 0 Å². The van der Waals surface area contributed by atoms with E-state index >= 15 is 0 Å². The second-order valence-electron chi connectivity index (χ2n) is 6.15. The van der Waals surface area contributed by atoms with Gasteiger partial charge in [0.1, 0.15) is 0 Å². The summed E-state index contributed by atoms with van der Waals surface area (Å²) in [4.78, 5) is 26.0. The minimum atomic E-state index is -0.785. The molecule has 0 saturated carbocycles. The lowest BCUT2D eigenvalue weighted by Gasteiger charge is -2.39. The highest BCUT2D eigenvalue weighted by atomic mass is 16.4. The number of aliphatic carboxylic acids is 1. The lowest BCUT2D eigenvalue weighted by molar-refractivity contribution is -0.149. The third kappa shape index (κ3) is 2.43. The first-order chi connectivity index (χ1) is 10.1. The Kier molecular flexibility index (Phi) is 3.70. The number of carbonyl (C=O) groups is 2. The van der Waals surface area contributed by atoms with E-state index in [4.69, 9.17) is 0 Å². The van der Waals surface area contributed by atoms with Crippen LogP contribution in [0.4, 0.5) is 0 Å². The van der Waals surface area contributed by atoms with Crippen LogP contribution in [0.2, 0.25) is 0 Å². The molecule has 3 rings (SSSR count). The molecule has 21 heavy (non-hydrogen) atoms. The van der Waals surface area contributed by atoms with E-state index in [0.717, 1.165) is 24.8 Å². The topological polar surface area (TPSA) is 57.6 Å². The Labute approximate surface area is 124 Å². The molecule has 0 spiro atoms. The molecule has 1 aromatic rings. The number of carbonyl (C=O) groups excluding carboxylic acids is 1. The maximum absolute atomic E-state index is 12.9. The maximum atomic E-state index is 12.9. The number of fused-ring (bicyclic) bond motifs is 1. The molecular weight excluding hydrogens is 266 g/mol. The van der Waals surface area contributed by atoms with Crippen molar-refractivity contribution in [2.75, 3.05) is 6.54 Å². The Morgan fingerprint density at radius 2 is 2.00 bits per heavy atom. The smallest absolute Gasteiger partial charge is 0.308 e. The summed E-state index contributed by atoms with van der Waals surface area (Å²) in [6.07, 6.45) is 3.24. The fraction of sp³-hybridized carbons (Fsp3) is 0.529. The third-order valence-corrected chi connectivity index (χ3v) is 5.02. The summed E-state index contributed by atoms with van der Waals surface area (Å²) in [6, 6.07) is 7.90. The predicted octanol–water partition coefficient (Wildman–Crippen LogP) is 2.43. The molecule has 1 unspecified atom stereocenters. The van der Waals surface area contributed by atoms with Crippen LogP contribution in [0, 0.1) is 5.92 Å². The average molecular weight is 287 g/mol. The van der Waals surface area contributed by atoms with E-state index in [9.17, 15) is 14.7 Å². The van der Waals surface area contributed by atoms with Crippen molar-refractivity contribution in [3.8, 4) is 0 Å². The number of amides is 1. The maximum Gasteiger partial charge on any atom is 0.308 e. The average Bonchev–Trinajstić information content (AvgIpc) is 2.90. The van der Waals surface area contributed by atoms with Gasteiger partial charge in [-0.3, -0.25) is 9.59 Å². The van der Waals surface area contributed by atoms with Gasteiger partial charge in [-0.1, -0.05) is 24.3 Å². The number of nitrogens with zero attached hydrogens (tertiary/aromatic N) is 1. The van der Waals surface area contributed by atoms with Crippen LogP contribution in [-0.2, 0) is 16.0 Å². The second-order valence-corrected chi connectivity index (χ2v) is 6.15. The molecule has 1 aromatic carbocycles. The Hall–Kier alpha value is -1.84. The van der Waals surface area contributed by atoms with Gasteiger partial charge in [0.05, 0.1) is 11.8 Å². The molecule has 1 aliphatic heterocycles. The summed E-state index contributed by atoms with van der Waals surface area (Å²) in [5, 5.41) is 9.29. The van der Waals surface area contributed by atoms with E-state index in [-0.39, 0.29) is 17.9 Å². The van der Waals surface area contributed by atoms with Crippen molar-refractivity contribution in [3.05, 3.63) is 35.4 Å². The van der Waals surface area contributed by atoms with Crippen molar-refractivity contribution in [2.45, 2.75) is 44.6 Å². The van der Waals surface area contributed by atoms with E-state index in [1.165, 1.54) is 5.56 Å². The van der Waals surface area contributed by atoms with Crippen LogP contribution in [0.3, 0.4) is 0 Å². The summed E-state index contributed by atoms with van der Waals surface area (Å²) < 4.78 is 0. The zero-order chi connectivity index (χ0) is 15.0. The fourth-order valence-electron chi connectivity index (χ4n) is 3.80. The van der Waals surface area contributed by atoms with Crippen molar-refractivity contribution in [2.24, 2.45) is 5.92 Å². The lowest BCUT2D eigenvalue weighted by atomic mass is 9.88. The molecular formula is C17H21NO3. The predicted molar refractivity (Wildman–Crippen MR) is 79.0 cm³/mol. The fourth-order valence-corrected chi connectivity index (χ4v) is 3.80.